The second kappa shape index (κ2) is 6.70. The maximum Gasteiger partial charge on any atom is 0.270 e. The first kappa shape index (κ1) is 16.0. The number of carbonyl (C=O) groups excluding carboxylic acids is 1. The van der Waals surface area contributed by atoms with Crippen molar-refractivity contribution in [1.29, 1.82) is 0 Å². The molecule has 3 rings (SSSR count). The molecule has 0 unspecified atom stereocenters. The fraction of sp³-hybridized carbons (Fsp3) is 0.278. The van der Waals surface area contributed by atoms with Crippen molar-refractivity contribution in [1.82, 2.24) is 19.9 Å². The molecular formula is C18H20N4O2. The van der Waals surface area contributed by atoms with Crippen molar-refractivity contribution in [3.05, 3.63) is 63.8 Å². The van der Waals surface area contributed by atoms with E-state index in [1.807, 2.05) is 32.0 Å². The van der Waals surface area contributed by atoms with Crippen molar-refractivity contribution >= 4 is 16.9 Å². The molecule has 0 fully saturated rings. The number of fused-ring (bicyclic) bond motifs is 1. The summed E-state index contributed by atoms with van der Waals surface area (Å²) in [5, 5.41) is 0. The van der Waals surface area contributed by atoms with Gasteiger partial charge in [0.1, 0.15) is 11.5 Å². The molecule has 0 saturated carbocycles. The number of aryl methyl sites for hydroxylation is 1. The highest BCUT2D eigenvalue weighted by Crippen LogP contribution is 2.16. The topological polar surface area (TPSA) is 81.8 Å². The van der Waals surface area contributed by atoms with Gasteiger partial charge in [-0.1, -0.05) is 18.2 Å². The van der Waals surface area contributed by atoms with E-state index in [1.165, 1.54) is 6.07 Å². The van der Waals surface area contributed by atoms with Crippen LogP contribution in [-0.4, -0.2) is 38.8 Å². The number of likely N-dealkylation sites (N-methyl/N-ethyl adjacent to an activating group) is 1. The van der Waals surface area contributed by atoms with Gasteiger partial charge < -0.3 is 14.9 Å². The lowest BCUT2D eigenvalue weighted by Crippen LogP contribution is -2.34. The number of H-pyrrole nitrogens is 2. The number of pyridine rings is 1. The fourth-order valence-electron chi connectivity index (χ4n) is 2.73. The zero-order valence-electron chi connectivity index (χ0n) is 13.8. The summed E-state index contributed by atoms with van der Waals surface area (Å²) in [5.74, 6) is 0.676. The van der Waals surface area contributed by atoms with E-state index in [4.69, 9.17) is 0 Å². The molecule has 124 valence electrons. The summed E-state index contributed by atoms with van der Waals surface area (Å²) in [7, 11) is 0. The van der Waals surface area contributed by atoms with Gasteiger partial charge in [-0.15, -0.1) is 0 Å². The number of para-hydroxylation sites is 1. The third kappa shape index (κ3) is 3.22. The molecule has 1 aromatic carbocycles. The molecule has 0 bridgehead atoms. The molecular weight excluding hydrogens is 304 g/mol. The van der Waals surface area contributed by atoms with Gasteiger partial charge in [-0.2, -0.15) is 0 Å². The molecule has 6 heteroatoms. The summed E-state index contributed by atoms with van der Waals surface area (Å²) in [6, 6.07) is 10.6. The first-order chi connectivity index (χ1) is 11.6. The molecule has 3 aromatic rings. The number of nitrogens with one attached hydrogen (secondary N) is 2. The zero-order chi connectivity index (χ0) is 17.1. The first-order valence-electron chi connectivity index (χ1n) is 8.01. The van der Waals surface area contributed by atoms with Gasteiger partial charge in [0.15, 0.2) is 0 Å². The number of amides is 1. The van der Waals surface area contributed by atoms with Crippen LogP contribution in [0.15, 0.2) is 41.2 Å². The third-order valence-electron chi connectivity index (χ3n) is 4.05. The van der Waals surface area contributed by atoms with Crippen molar-refractivity contribution in [3.8, 4) is 0 Å². The van der Waals surface area contributed by atoms with Gasteiger partial charge >= 0.3 is 0 Å². The predicted octanol–water partition coefficient (Wildman–Crippen LogP) is 2.26. The highest BCUT2D eigenvalue weighted by molar-refractivity contribution is 5.92. The lowest BCUT2D eigenvalue weighted by Gasteiger charge is -2.20. The van der Waals surface area contributed by atoms with E-state index in [0.29, 0.717) is 25.2 Å². The molecule has 24 heavy (non-hydrogen) atoms. The number of rotatable bonds is 5. The molecule has 0 aliphatic carbocycles. The molecule has 0 aliphatic rings. The van der Waals surface area contributed by atoms with Gasteiger partial charge in [-0.3, -0.25) is 9.59 Å². The van der Waals surface area contributed by atoms with Crippen LogP contribution < -0.4 is 5.56 Å². The number of aromatic nitrogens is 3. The van der Waals surface area contributed by atoms with Crippen molar-refractivity contribution in [3.63, 3.8) is 0 Å². The van der Waals surface area contributed by atoms with Crippen LogP contribution in [0.2, 0.25) is 0 Å². The number of imidazole rings is 1. The molecule has 6 nitrogen and oxygen atoms in total. The largest absolute Gasteiger partial charge is 0.342 e. The van der Waals surface area contributed by atoms with Crippen molar-refractivity contribution < 1.29 is 4.79 Å². The maximum atomic E-state index is 12.5. The maximum absolute atomic E-state index is 12.5. The first-order valence-corrected chi connectivity index (χ1v) is 8.01. The summed E-state index contributed by atoms with van der Waals surface area (Å²) in [5.41, 5.74) is 3.13. The van der Waals surface area contributed by atoms with Crippen LogP contribution in [0.3, 0.4) is 0 Å². The van der Waals surface area contributed by atoms with Crippen LogP contribution in [0.5, 0.6) is 0 Å². The monoisotopic (exact) mass is 324 g/mol. The molecule has 0 saturated heterocycles. The third-order valence-corrected chi connectivity index (χ3v) is 4.05. The summed E-state index contributed by atoms with van der Waals surface area (Å²) in [6.07, 6.45) is 0.630. The second-order valence-electron chi connectivity index (χ2n) is 5.72. The zero-order valence-corrected chi connectivity index (χ0v) is 13.8. The molecule has 2 aromatic heterocycles. The predicted molar refractivity (Wildman–Crippen MR) is 93.2 cm³/mol. The summed E-state index contributed by atoms with van der Waals surface area (Å²) in [6.45, 7) is 5.04. The van der Waals surface area contributed by atoms with Crippen LogP contribution in [0.1, 0.15) is 28.8 Å². The van der Waals surface area contributed by atoms with Gasteiger partial charge in [0.25, 0.3) is 5.91 Å². The van der Waals surface area contributed by atoms with E-state index < -0.39 is 0 Å². The van der Waals surface area contributed by atoms with Crippen LogP contribution in [0, 0.1) is 6.92 Å². The van der Waals surface area contributed by atoms with E-state index in [9.17, 15) is 9.59 Å². The minimum Gasteiger partial charge on any atom is -0.342 e. The Kier molecular flexibility index (Phi) is 4.46. The quantitative estimate of drug-likeness (QED) is 0.755. The number of nitrogens with zero attached hydrogens (tertiary/aromatic N) is 2. The summed E-state index contributed by atoms with van der Waals surface area (Å²) < 4.78 is 0. The Hall–Kier alpha value is -2.89. The number of hydrogen-bond donors (Lipinski definition) is 2. The molecule has 0 spiro atoms. The van der Waals surface area contributed by atoms with Gasteiger partial charge in [0, 0.05) is 25.6 Å². The van der Waals surface area contributed by atoms with Crippen molar-refractivity contribution in [2.24, 2.45) is 0 Å². The van der Waals surface area contributed by atoms with E-state index in [2.05, 4.69) is 15.0 Å². The number of benzene rings is 1. The number of aromatic amines is 2. The van der Waals surface area contributed by atoms with E-state index in [-0.39, 0.29) is 11.5 Å². The Bertz CT molecular complexity index is 926. The van der Waals surface area contributed by atoms with E-state index >= 15 is 0 Å². The highest BCUT2D eigenvalue weighted by Gasteiger charge is 2.15. The molecule has 2 heterocycles. The lowest BCUT2D eigenvalue weighted by atomic mass is 10.2. The van der Waals surface area contributed by atoms with Crippen LogP contribution >= 0.6 is 0 Å². The van der Waals surface area contributed by atoms with E-state index in [1.54, 1.807) is 17.0 Å². The van der Waals surface area contributed by atoms with Gasteiger partial charge in [-0.25, -0.2) is 4.98 Å². The average Bonchev–Trinajstić information content (AvgIpc) is 3.00. The van der Waals surface area contributed by atoms with Crippen molar-refractivity contribution in [2.45, 2.75) is 20.3 Å². The Balaban J connectivity index is 1.74. The second-order valence-corrected chi connectivity index (χ2v) is 5.72. The molecule has 0 aliphatic heterocycles. The average molecular weight is 324 g/mol. The smallest absolute Gasteiger partial charge is 0.270 e. The molecule has 2 N–H and O–H groups in total. The standard InChI is InChI=1S/C18H20N4O2/c1-3-22(18(24)14-8-5-9-16(23)20-14)11-10-15-19-13-7-4-6-12(2)17(13)21-15/h4-9H,3,10-11H2,1-2H3,(H,19,21)(H,20,23). The van der Waals surface area contributed by atoms with E-state index in [0.717, 1.165) is 22.4 Å². The Morgan fingerprint density at radius 2 is 1.96 bits per heavy atom. The lowest BCUT2D eigenvalue weighted by molar-refractivity contribution is 0.0759. The van der Waals surface area contributed by atoms with Crippen molar-refractivity contribution in [2.75, 3.05) is 13.1 Å². The fourth-order valence-corrected chi connectivity index (χ4v) is 2.73. The summed E-state index contributed by atoms with van der Waals surface area (Å²) >= 11 is 0. The molecule has 0 radical (unpaired) electrons. The van der Waals surface area contributed by atoms with Crippen LogP contribution in [-0.2, 0) is 6.42 Å². The van der Waals surface area contributed by atoms with Crippen LogP contribution in [0.4, 0.5) is 0 Å². The minimum absolute atomic E-state index is 0.178. The number of carbonyl (C=O) groups is 1. The van der Waals surface area contributed by atoms with Gasteiger partial charge in [0.05, 0.1) is 11.0 Å². The Morgan fingerprint density at radius 1 is 1.17 bits per heavy atom. The highest BCUT2D eigenvalue weighted by atomic mass is 16.2. The Labute approximate surface area is 139 Å². The van der Waals surface area contributed by atoms with Crippen LogP contribution in [0.25, 0.3) is 11.0 Å². The normalized spacial score (nSPS) is 10.9. The van der Waals surface area contributed by atoms with Gasteiger partial charge in [-0.05, 0) is 31.5 Å². The Morgan fingerprint density at radius 3 is 2.67 bits per heavy atom. The SMILES string of the molecule is CCN(CCc1nc2c(C)cccc2[nH]1)C(=O)c1cccc(=O)[nH]1. The molecule has 0 atom stereocenters. The molecule has 1 amide bonds. The minimum atomic E-state index is -0.273. The van der Waals surface area contributed by atoms with Gasteiger partial charge in [0.2, 0.25) is 5.56 Å². The summed E-state index contributed by atoms with van der Waals surface area (Å²) in [4.78, 5) is 36.1. The number of hydrogen-bond acceptors (Lipinski definition) is 3.